The minimum absolute atomic E-state index is 0.494. The number of nitrogens with zero attached hydrogens (tertiary/aromatic N) is 1. The van der Waals surface area contributed by atoms with E-state index in [1.165, 1.54) is 11.3 Å². The van der Waals surface area contributed by atoms with Crippen LogP contribution in [0.4, 0.5) is 0 Å². The number of hydrogen-bond acceptors (Lipinski definition) is 4. The van der Waals surface area contributed by atoms with Crippen molar-refractivity contribution in [1.82, 2.24) is 4.98 Å². The predicted octanol–water partition coefficient (Wildman–Crippen LogP) is 0.928. The summed E-state index contributed by atoms with van der Waals surface area (Å²) in [6.45, 7) is 0.494. The van der Waals surface area contributed by atoms with Crippen molar-refractivity contribution < 1.29 is 4.79 Å². The van der Waals surface area contributed by atoms with Crippen molar-refractivity contribution in [3.63, 3.8) is 0 Å². The van der Waals surface area contributed by atoms with Gasteiger partial charge in [0.15, 0.2) is 11.3 Å². The van der Waals surface area contributed by atoms with Crippen LogP contribution in [0.3, 0.4) is 0 Å². The average molecular weight is 168 g/mol. The van der Waals surface area contributed by atoms with Gasteiger partial charge in [-0.1, -0.05) is 6.08 Å². The lowest BCUT2D eigenvalue weighted by Crippen LogP contribution is -1.91. The van der Waals surface area contributed by atoms with Gasteiger partial charge in [-0.15, -0.1) is 11.3 Å². The number of nitrogens with two attached hydrogens (primary N) is 1. The van der Waals surface area contributed by atoms with Crippen LogP contribution in [0, 0.1) is 0 Å². The van der Waals surface area contributed by atoms with Gasteiger partial charge in [0.25, 0.3) is 0 Å². The Morgan fingerprint density at radius 1 is 1.73 bits per heavy atom. The van der Waals surface area contributed by atoms with E-state index in [1.54, 1.807) is 12.2 Å². The van der Waals surface area contributed by atoms with Crippen LogP contribution in [0.15, 0.2) is 11.5 Å². The molecule has 0 radical (unpaired) electrons. The molecule has 0 bridgehead atoms. The highest BCUT2D eigenvalue weighted by molar-refractivity contribution is 7.11. The molecular weight excluding hydrogens is 160 g/mol. The zero-order chi connectivity index (χ0) is 8.10. The Bertz CT molecular complexity index is 267. The lowest BCUT2D eigenvalue weighted by atomic mass is 10.4. The van der Waals surface area contributed by atoms with Crippen molar-refractivity contribution in [3.8, 4) is 0 Å². The van der Waals surface area contributed by atoms with Crippen molar-refractivity contribution in [2.75, 3.05) is 6.54 Å². The third-order valence-corrected chi connectivity index (χ3v) is 1.85. The summed E-state index contributed by atoms with van der Waals surface area (Å²) in [6, 6.07) is 0. The first-order valence-electron chi connectivity index (χ1n) is 3.14. The molecule has 1 rings (SSSR count). The minimum Gasteiger partial charge on any atom is -0.327 e. The highest BCUT2D eigenvalue weighted by Gasteiger charge is 1.94. The number of aldehydes is 1. The van der Waals surface area contributed by atoms with Crippen LogP contribution < -0.4 is 5.73 Å². The highest BCUT2D eigenvalue weighted by atomic mass is 32.1. The molecule has 0 fully saturated rings. The van der Waals surface area contributed by atoms with Crippen LogP contribution in [0.25, 0.3) is 6.08 Å². The van der Waals surface area contributed by atoms with Crippen molar-refractivity contribution in [1.29, 1.82) is 0 Å². The second-order valence-electron chi connectivity index (χ2n) is 1.87. The predicted molar refractivity (Wildman–Crippen MR) is 45.6 cm³/mol. The molecule has 11 heavy (non-hydrogen) atoms. The van der Waals surface area contributed by atoms with E-state index in [-0.39, 0.29) is 0 Å². The lowest BCUT2D eigenvalue weighted by molar-refractivity contribution is 0.112. The fourth-order valence-electron chi connectivity index (χ4n) is 0.620. The molecule has 0 spiro atoms. The summed E-state index contributed by atoms with van der Waals surface area (Å²) >= 11 is 1.33. The summed E-state index contributed by atoms with van der Waals surface area (Å²) in [6.07, 6.45) is 4.33. The van der Waals surface area contributed by atoms with Gasteiger partial charge in [-0.25, -0.2) is 4.98 Å². The summed E-state index contributed by atoms with van der Waals surface area (Å²) in [4.78, 5) is 14.2. The Morgan fingerprint density at radius 2 is 2.55 bits per heavy atom. The number of carbonyl (C=O) groups excluding carboxylic acids is 1. The van der Waals surface area contributed by atoms with Gasteiger partial charge in [0.1, 0.15) is 0 Å². The van der Waals surface area contributed by atoms with E-state index < -0.39 is 0 Å². The van der Waals surface area contributed by atoms with Gasteiger partial charge in [-0.2, -0.15) is 0 Å². The molecule has 1 aromatic rings. The van der Waals surface area contributed by atoms with Gasteiger partial charge in [0.05, 0.1) is 5.69 Å². The van der Waals surface area contributed by atoms with Gasteiger partial charge in [-0.05, 0) is 6.08 Å². The maximum Gasteiger partial charge on any atom is 0.178 e. The molecule has 0 aliphatic rings. The Labute approximate surface area is 68.6 Å². The highest BCUT2D eigenvalue weighted by Crippen LogP contribution is 2.08. The molecular formula is C7H8N2OS. The monoisotopic (exact) mass is 168 g/mol. The second-order valence-corrected chi connectivity index (χ2v) is 2.76. The second kappa shape index (κ2) is 4.00. The van der Waals surface area contributed by atoms with E-state index in [1.807, 2.05) is 5.38 Å². The summed E-state index contributed by atoms with van der Waals surface area (Å²) in [7, 11) is 0. The Morgan fingerprint density at radius 3 is 3.09 bits per heavy atom. The van der Waals surface area contributed by atoms with E-state index in [2.05, 4.69) is 4.98 Å². The normalized spacial score (nSPS) is 10.6. The quantitative estimate of drug-likeness (QED) is 0.683. The van der Waals surface area contributed by atoms with Gasteiger partial charge in [-0.3, -0.25) is 4.79 Å². The number of thiazole rings is 1. The minimum atomic E-state index is 0.494. The summed E-state index contributed by atoms with van der Waals surface area (Å²) in [5.74, 6) is 0. The zero-order valence-corrected chi connectivity index (χ0v) is 6.67. The average Bonchev–Trinajstić information content (AvgIpc) is 2.48. The van der Waals surface area contributed by atoms with E-state index in [9.17, 15) is 4.79 Å². The first-order chi connectivity index (χ1) is 5.36. The van der Waals surface area contributed by atoms with Gasteiger partial charge in [0.2, 0.25) is 0 Å². The molecule has 1 heterocycles. The van der Waals surface area contributed by atoms with Crippen molar-refractivity contribution in [2.45, 2.75) is 0 Å². The van der Waals surface area contributed by atoms with E-state index >= 15 is 0 Å². The zero-order valence-electron chi connectivity index (χ0n) is 5.86. The van der Waals surface area contributed by atoms with Crippen LogP contribution in [-0.2, 0) is 0 Å². The standard InChI is InChI=1S/C7H8N2OS/c8-3-1-2-6-5-11-7(4-10)9-6/h1-2,4-5H,3,8H2. The molecule has 0 saturated heterocycles. The molecule has 0 aliphatic heterocycles. The number of rotatable bonds is 3. The smallest absolute Gasteiger partial charge is 0.178 e. The van der Waals surface area contributed by atoms with Crippen molar-refractivity contribution in [2.24, 2.45) is 5.73 Å². The molecule has 58 valence electrons. The lowest BCUT2D eigenvalue weighted by Gasteiger charge is -1.79. The van der Waals surface area contributed by atoms with E-state index in [0.29, 0.717) is 11.6 Å². The molecule has 4 heteroatoms. The number of hydrogen-bond donors (Lipinski definition) is 1. The van der Waals surface area contributed by atoms with Crippen molar-refractivity contribution >= 4 is 23.7 Å². The number of carbonyl (C=O) groups is 1. The fourth-order valence-corrected chi connectivity index (χ4v) is 1.21. The topological polar surface area (TPSA) is 56.0 Å². The molecule has 2 N–H and O–H groups in total. The molecule has 3 nitrogen and oxygen atoms in total. The fraction of sp³-hybridized carbons (Fsp3) is 0.143. The molecule has 0 aromatic carbocycles. The summed E-state index contributed by atoms with van der Waals surface area (Å²) < 4.78 is 0. The maximum absolute atomic E-state index is 10.2. The molecule has 0 aliphatic carbocycles. The van der Waals surface area contributed by atoms with Crippen LogP contribution in [0.1, 0.15) is 15.5 Å². The SMILES string of the molecule is NCC=Cc1csc(C=O)n1. The summed E-state index contributed by atoms with van der Waals surface area (Å²) in [5.41, 5.74) is 6.03. The molecule has 1 aromatic heterocycles. The van der Waals surface area contributed by atoms with Gasteiger partial charge in [0, 0.05) is 11.9 Å². The Hall–Kier alpha value is -1.00. The molecule has 0 amide bonds. The molecule has 0 saturated carbocycles. The van der Waals surface area contributed by atoms with Crippen LogP contribution >= 0.6 is 11.3 Å². The largest absolute Gasteiger partial charge is 0.327 e. The van der Waals surface area contributed by atoms with Crippen LogP contribution in [0.5, 0.6) is 0 Å². The van der Waals surface area contributed by atoms with Gasteiger partial charge < -0.3 is 5.73 Å². The molecule has 0 unspecified atom stereocenters. The molecule has 0 atom stereocenters. The van der Waals surface area contributed by atoms with Crippen LogP contribution in [-0.4, -0.2) is 17.8 Å². The third-order valence-electron chi connectivity index (χ3n) is 1.07. The van der Waals surface area contributed by atoms with E-state index in [0.717, 1.165) is 12.0 Å². The van der Waals surface area contributed by atoms with Crippen LogP contribution in [0.2, 0.25) is 0 Å². The Kier molecular flexibility index (Phi) is 2.95. The maximum atomic E-state index is 10.2. The van der Waals surface area contributed by atoms with Crippen molar-refractivity contribution in [3.05, 3.63) is 22.2 Å². The first kappa shape index (κ1) is 8.10. The van der Waals surface area contributed by atoms with Gasteiger partial charge >= 0.3 is 0 Å². The van der Waals surface area contributed by atoms with E-state index in [4.69, 9.17) is 5.73 Å². The number of aromatic nitrogens is 1. The third kappa shape index (κ3) is 2.25. The summed E-state index contributed by atoms with van der Waals surface area (Å²) in [5, 5.41) is 2.32. The first-order valence-corrected chi connectivity index (χ1v) is 4.02. The Balaban J connectivity index is 2.72.